The van der Waals surface area contributed by atoms with E-state index in [4.69, 9.17) is 5.73 Å². The first-order valence-electron chi connectivity index (χ1n) is 7.00. The second-order valence-corrected chi connectivity index (χ2v) is 5.98. The number of carbonyl (C=O) groups excluding carboxylic acids is 1. The van der Waals surface area contributed by atoms with Crippen LogP contribution in [0.1, 0.15) is 28.8 Å². The maximum atomic E-state index is 14.1. The summed E-state index contributed by atoms with van der Waals surface area (Å²) in [6, 6.07) is 2.92. The molecule has 20 heavy (non-hydrogen) atoms. The topological polar surface area (TPSA) is 66.6 Å². The average molecular weight is 278 g/mol. The molecular weight excluding hydrogens is 259 g/mol. The first-order chi connectivity index (χ1) is 9.47. The first kappa shape index (κ1) is 13.4. The highest BCUT2D eigenvalue weighted by Gasteiger charge is 2.43. The Labute approximate surface area is 117 Å². The quantitative estimate of drug-likeness (QED) is 0.766. The van der Waals surface area contributed by atoms with Crippen LogP contribution in [0, 0.1) is 24.6 Å². The number of halogens is 1. The minimum absolute atomic E-state index is 0.0389. The van der Waals surface area contributed by atoms with Gasteiger partial charge in [-0.25, -0.2) is 4.39 Å². The number of hydrogen-bond acceptors (Lipinski definition) is 3. The fourth-order valence-corrected chi connectivity index (χ4v) is 3.53. The SMILES string of the molecule is Cc1cc(N)cc(C(=O)N2CC3CCC(O)C3C2)c1F. The molecule has 1 amide bonds. The van der Waals surface area contributed by atoms with Gasteiger partial charge in [0.1, 0.15) is 5.82 Å². The molecule has 5 heteroatoms. The zero-order chi connectivity index (χ0) is 14.4. The van der Waals surface area contributed by atoms with Crippen LogP contribution >= 0.6 is 0 Å². The lowest BCUT2D eigenvalue weighted by molar-refractivity contribution is 0.0748. The van der Waals surface area contributed by atoms with E-state index in [0.717, 1.165) is 12.8 Å². The Morgan fingerprint density at radius 1 is 1.40 bits per heavy atom. The Kier molecular flexibility index (Phi) is 3.17. The van der Waals surface area contributed by atoms with Crippen molar-refractivity contribution in [3.8, 4) is 0 Å². The molecule has 0 spiro atoms. The van der Waals surface area contributed by atoms with Crippen molar-refractivity contribution >= 4 is 11.6 Å². The molecule has 2 fully saturated rings. The molecule has 108 valence electrons. The summed E-state index contributed by atoms with van der Waals surface area (Å²) in [6.07, 6.45) is 1.42. The molecule has 3 N–H and O–H groups in total. The van der Waals surface area contributed by atoms with E-state index in [9.17, 15) is 14.3 Å². The Hall–Kier alpha value is -1.62. The summed E-state index contributed by atoms with van der Waals surface area (Å²) in [6.45, 7) is 2.72. The van der Waals surface area contributed by atoms with E-state index in [1.165, 1.54) is 12.1 Å². The summed E-state index contributed by atoms with van der Waals surface area (Å²) in [5.74, 6) is -0.329. The number of fused-ring (bicyclic) bond motifs is 1. The summed E-state index contributed by atoms with van der Waals surface area (Å²) in [7, 11) is 0. The molecule has 3 rings (SSSR count). The number of likely N-dealkylation sites (tertiary alicyclic amines) is 1. The van der Waals surface area contributed by atoms with E-state index in [0.29, 0.717) is 30.3 Å². The van der Waals surface area contributed by atoms with Crippen molar-refractivity contribution in [2.75, 3.05) is 18.8 Å². The van der Waals surface area contributed by atoms with Crippen LogP contribution in [-0.2, 0) is 0 Å². The molecule has 2 aliphatic rings. The molecule has 4 nitrogen and oxygen atoms in total. The zero-order valence-electron chi connectivity index (χ0n) is 11.5. The van der Waals surface area contributed by atoms with Crippen LogP contribution in [0.25, 0.3) is 0 Å². The third-order valence-corrected chi connectivity index (χ3v) is 4.61. The Morgan fingerprint density at radius 2 is 2.15 bits per heavy atom. The summed E-state index contributed by atoms with van der Waals surface area (Å²) >= 11 is 0. The standard InChI is InChI=1S/C15H19FN2O2/c1-8-4-10(17)5-11(14(8)16)15(20)18-6-9-2-3-13(19)12(9)7-18/h4-5,9,12-13,19H,2-3,6-7,17H2,1H3. The summed E-state index contributed by atoms with van der Waals surface area (Å²) in [5.41, 5.74) is 6.52. The molecule has 3 atom stereocenters. The summed E-state index contributed by atoms with van der Waals surface area (Å²) in [4.78, 5) is 14.1. The predicted octanol–water partition coefficient (Wildman–Crippen LogP) is 1.56. The van der Waals surface area contributed by atoms with Gasteiger partial charge in [0.15, 0.2) is 0 Å². The number of nitrogens with two attached hydrogens (primary N) is 1. The van der Waals surface area contributed by atoms with Gasteiger partial charge in [-0.2, -0.15) is 0 Å². The number of nitrogens with zero attached hydrogens (tertiary/aromatic N) is 1. The number of aliphatic hydroxyl groups is 1. The third kappa shape index (κ3) is 2.06. The van der Waals surface area contributed by atoms with Gasteiger partial charge >= 0.3 is 0 Å². The second kappa shape index (κ2) is 4.74. The van der Waals surface area contributed by atoms with Gasteiger partial charge in [-0.3, -0.25) is 4.79 Å². The average Bonchev–Trinajstić information content (AvgIpc) is 2.96. The van der Waals surface area contributed by atoms with Crippen molar-refractivity contribution in [2.45, 2.75) is 25.9 Å². The van der Waals surface area contributed by atoms with Gasteiger partial charge < -0.3 is 15.7 Å². The van der Waals surface area contributed by atoms with E-state index < -0.39 is 5.82 Å². The molecule has 0 radical (unpaired) electrons. The normalized spacial score (nSPS) is 28.8. The lowest BCUT2D eigenvalue weighted by atomic mass is 10.00. The van der Waals surface area contributed by atoms with Gasteiger partial charge in [0.05, 0.1) is 11.7 Å². The zero-order valence-corrected chi connectivity index (χ0v) is 11.5. The maximum absolute atomic E-state index is 14.1. The third-order valence-electron chi connectivity index (χ3n) is 4.61. The second-order valence-electron chi connectivity index (χ2n) is 5.98. The molecule has 1 aromatic rings. The van der Waals surface area contributed by atoms with Crippen molar-refractivity contribution in [3.05, 3.63) is 29.1 Å². The molecule has 0 aromatic heterocycles. The number of hydrogen-bond donors (Lipinski definition) is 2. The number of anilines is 1. The van der Waals surface area contributed by atoms with Gasteiger partial charge in [0.25, 0.3) is 5.91 Å². The monoisotopic (exact) mass is 278 g/mol. The molecule has 1 aliphatic heterocycles. The largest absolute Gasteiger partial charge is 0.399 e. The summed E-state index contributed by atoms with van der Waals surface area (Å²) in [5, 5.41) is 9.88. The van der Waals surface area contributed by atoms with Crippen LogP contribution in [0.4, 0.5) is 10.1 Å². The van der Waals surface area contributed by atoms with Crippen LogP contribution in [0.2, 0.25) is 0 Å². The van der Waals surface area contributed by atoms with Crippen molar-refractivity contribution < 1.29 is 14.3 Å². The smallest absolute Gasteiger partial charge is 0.256 e. The van der Waals surface area contributed by atoms with Crippen molar-refractivity contribution in [1.29, 1.82) is 0 Å². The lowest BCUT2D eigenvalue weighted by Crippen LogP contribution is -2.31. The van der Waals surface area contributed by atoms with Crippen LogP contribution < -0.4 is 5.73 Å². The molecule has 1 saturated carbocycles. The number of carbonyl (C=O) groups is 1. The lowest BCUT2D eigenvalue weighted by Gasteiger charge is -2.19. The van der Waals surface area contributed by atoms with E-state index >= 15 is 0 Å². The van der Waals surface area contributed by atoms with Gasteiger partial charge in [-0.15, -0.1) is 0 Å². The van der Waals surface area contributed by atoms with Gasteiger partial charge in [0, 0.05) is 24.7 Å². The molecular formula is C15H19FN2O2. The molecule has 1 aliphatic carbocycles. The fraction of sp³-hybridized carbons (Fsp3) is 0.533. The highest BCUT2D eigenvalue weighted by Crippen LogP contribution is 2.38. The molecule has 1 aromatic carbocycles. The van der Waals surface area contributed by atoms with E-state index in [1.54, 1.807) is 11.8 Å². The van der Waals surface area contributed by atoms with Crippen molar-refractivity contribution in [3.63, 3.8) is 0 Å². The molecule has 1 heterocycles. The van der Waals surface area contributed by atoms with Crippen LogP contribution in [0.3, 0.4) is 0 Å². The molecule has 3 unspecified atom stereocenters. The number of benzene rings is 1. The number of rotatable bonds is 1. The first-order valence-corrected chi connectivity index (χ1v) is 7.00. The number of aliphatic hydroxyl groups excluding tert-OH is 1. The molecule has 0 bridgehead atoms. The highest BCUT2D eigenvalue weighted by molar-refractivity contribution is 5.95. The number of aryl methyl sites for hydroxylation is 1. The van der Waals surface area contributed by atoms with Crippen LogP contribution in [-0.4, -0.2) is 35.1 Å². The van der Waals surface area contributed by atoms with E-state index in [-0.39, 0.29) is 23.5 Å². The van der Waals surface area contributed by atoms with Gasteiger partial charge in [-0.1, -0.05) is 0 Å². The fourth-order valence-electron chi connectivity index (χ4n) is 3.53. The number of amides is 1. The Balaban J connectivity index is 1.84. The van der Waals surface area contributed by atoms with E-state index in [2.05, 4.69) is 0 Å². The summed E-state index contributed by atoms with van der Waals surface area (Å²) < 4.78 is 14.1. The maximum Gasteiger partial charge on any atom is 0.256 e. The van der Waals surface area contributed by atoms with Gasteiger partial charge in [0.2, 0.25) is 0 Å². The minimum Gasteiger partial charge on any atom is -0.399 e. The van der Waals surface area contributed by atoms with Crippen molar-refractivity contribution in [1.82, 2.24) is 4.90 Å². The minimum atomic E-state index is -0.498. The predicted molar refractivity (Wildman–Crippen MR) is 73.7 cm³/mol. The number of nitrogen functional groups attached to an aromatic ring is 1. The van der Waals surface area contributed by atoms with Crippen molar-refractivity contribution in [2.24, 2.45) is 11.8 Å². The van der Waals surface area contributed by atoms with Gasteiger partial charge in [-0.05, 0) is 43.4 Å². The van der Waals surface area contributed by atoms with Crippen LogP contribution in [0.15, 0.2) is 12.1 Å². The Bertz CT molecular complexity index is 561. The molecule has 1 saturated heterocycles. The van der Waals surface area contributed by atoms with E-state index in [1.807, 2.05) is 0 Å². The van der Waals surface area contributed by atoms with Crippen LogP contribution in [0.5, 0.6) is 0 Å². The Morgan fingerprint density at radius 3 is 2.85 bits per heavy atom. The highest BCUT2D eigenvalue weighted by atomic mass is 19.1.